The molecule has 0 aromatic carbocycles. The summed E-state index contributed by atoms with van der Waals surface area (Å²) in [5, 5.41) is 3.17. The van der Waals surface area contributed by atoms with Crippen molar-refractivity contribution in [2.75, 3.05) is 5.32 Å². The molecule has 0 aliphatic carbocycles. The molecule has 0 aliphatic rings. The van der Waals surface area contributed by atoms with Gasteiger partial charge in [-0.2, -0.15) is 4.39 Å². The largest absolute Gasteiger partial charge is 0.367 e. The van der Waals surface area contributed by atoms with Crippen LogP contribution < -0.4 is 5.32 Å². The monoisotopic (exact) mass is 225 g/mol. The molecular weight excluding hydrogens is 205 g/mol. The molecule has 0 spiro atoms. The highest BCUT2D eigenvalue weighted by molar-refractivity contribution is 5.33. The van der Waals surface area contributed by atoms with Gasteiger partial charge in [0, 0.05) is 12.1 Å². The number of anilines is 1. The second-order valence-corrected chi connectivity index (χ2v) is 4.60. The molecule has 0 radical (unpaired) electrons. The number of halogens is 1. The standard InChI is InChI=1S/C12H20FN3/c1-9(2)5-4-6-10(3)16-12-7-11(13)14-8-15-12/h7-10H,4-6H2,1-3H3,(H,14,15,16). The van der Waals surface area contributed by atoms with Crippen LogP contribution >= 0.6 is 0 Å². The van der Waals surface area contributed by atoms with Crippen LogP contribution in [-0.4, -0.2) is 16.0 Å². The van der Waals surface area contributed by atoms with Crippen LogP contribution in [-0.2, 0) is 0 Å². The van der Waals surface area contributed by atoms with E-state index in [1.807, 2.05) is 0 Å². The molecule has 0 saturated heterocycles. The van der Waals surface area contributed by atoms with E-state index in [-0.39, 0.29) is 0 Å². The van der Waals surface area contributed by atoms with Crippen LogP contribution in [0.1, 0.15) is 40.0 Å². The first-order valence-electron chi connectivity index (χ1n) is 5.82. The molecule has 0 aliphatic heterocycles. The lowest BCUT2D eigenvalue weighted by Crippen LogP contribution is -2.16. The predicted octanol–water partition coefficient (Wildman–Crippen LogP) is 3.24. The maximum absolute atomic E-state index is 12.8. The Morgan fingerprint density at radius 2 is 2.00 bits per heavy atom. The SMILES string of the molecule is CC(C)CCCC(C)Nc1cc(F)ncn1. The van der Waals surface area contributed by atoms with Crippen molar-refractivity contribution in [3.63, 3.8) is 0 Å². The zero-order chi connectivity index (χ0) is 12.0. The van der Waals surface area contributed by atoms with E-state index in [0.717, 1.165) is 12.3 Å². The average molecular weight is 225 g/mol. The normalized spacial score (nSPS) is 12.8. The van der Waals surface area contributed by atoms with Crippen molar-refractivity contribution in [2.24, 2.45) is 5.92 Å². The van der Waals surface area contributed by atoms with Crippen molar-refractivity contribution in [3.05, 3.63) is 18.3 Å². The van der Waals surface area contributed by atoms with E-state index in [4.69, 9.17) is 0 Å². The summed E-state index contributed by atoms with van der Waals surface area (Å²) in [6.07, 6.45) is 4.71. The molecule has 0 fully saturated rings. The lowest BCUT2D eigenvalue weighted by molar-refractivity contribution is 0.519. The number of nitrogens with one attached hydrogen (secondary N) is 1. The van der Waals surface area contributed by atoms with Crippen LogP contribution in [0.3, 0.4) is 0 Å². The van der Waals surface area contributed by atoms with Crippen LogP contribution in [0.15, 0.2) is 12.4 Å². The molecule has 1 atom stereocenters. The average Bonchev–Trinajstić information content (AvgIpc) is 2.16. The molecular formula is C12H20FN3. The lowest BCUT2D eigenvalue weighted by atomic mass is 10.0. The Morgan fingerprint density at radius 1 is 1.25 bits per heavy atom. The van der Waals surface area contributed by atoms with E-state index >= 15 is 0 Å². The molecule has 0 amide bonds. The van der Waals surface area contributed by atoms with Crippen molar-refractivity contribution in [1.82, 2.24) is 9.97 Å². The van der Waals surface area contributed by atoms with Gasteiger partial charge in [0.15, 0.2) is 0 Å². The summed E-state index contributed by atoms with van der Waals surface area (Å²) in [4.78, 5) is 7.38. The first-order valence-corrected chi connectivity index (χ1v) is 5.82. The molecule has 1 aromatic heterocycles. The lowest BCUT2D eigenvalue weighted by Gasteiger charge is -2.14. The fourth-order valence-corrected chi connectivity index (χ4v) is 1.57. The van der Waals surface area contributed by atoms with E-state index in [1.54, 1.807) is 0 Å². The minimum absolute atomic E-state index is 0.313. The Morgan fingerprint density at radius 3 is 2.62 bits per heavy atom. The minimum atomic E-state index is -0.494. The predicted molar refractivity (Wildman–Crippen MR) is 63.8 cm³/mol. The summed E-state index contributed by atoms with van der Waals surface area (Å²) in [6.45, 7) is 6.52. The van der Waals surface area contributed by atoms with Crippen LogP contribution in [0.2, 0.25) is 0 Å². The quantitative estimate of drug-likeness (QED) is 0.755. The maximum atomic E-state index is 12.8. The molecule has 1 rings (SSSR count). The zero-order valence-electron chi connectivity index (χ0n) is 10.2. The number of hydrogen-bond acceptors (Lipinski definition) is 3. The maximum Gasteiger partial charge on any atom is 0.217 e. The van der Waals surface area contributed by atoms with E-state index in [1.165, 1.54) is 25.2 Å². The van der Waals surface area contributed by atoms with Crippen LogP contribution in [0, 0.1) is 11.9 Å². The van der Waals surface area contributed by atoms with Crippen LogP contribution in [0.4, 0.5) is 10.2 Å². The Balaban J connectivity index is 2.31. The van der Waals surface area contributed by atoms with Crippen LogP contribution in [0.5, 0.6) is 0 Å². The molecule has 1 unspecified atom stereocenters. The van der Waals surface area contributed by atoms with Gasteiger partial charge in [-0.1, -0.05) is 26.7 Å². The van der Waals surface area contributed by atoms with E-state index in [2.05, 4.69) is 36.1 Å². The van der Waals surface area contributed by atoms with E-state index in [0.29, 0.717) is 11.9 Å². The minimum Gasteiger partial charge on any atom is -0.367 e. The molecule has 1 heterocycles. The van der Waals surface area contributed by atoms with Crippen molar-refractivity contribution >= 4 is 5.82 Å². The molecule has 3 nitrogen and oxygen atoms in total. The molecule has 0 bridgehead atoms. The third-order valence-corrected chi connectivity index (χ3v) is 2.45. The van der Waals surface area contributed by atoms with Gasteiger partial charge >= 0.3 is 0 Å². The van der Waals surface area contributed by atoms with Crippen molar-refractivity contribution in [1.29, 1.82) is 0 Å². The summed E-state index contributed by atoms with van der Waals surface area (Å²) in [5.41, 5.74) is 0. The highest BCUT2D eigenvalue weighted by Gasteiger charge is 2.04. The van der Waals surface area contributed by atoms with Crippen molar-refractivity contribution in [2.45, 2.75) is 46.1 Å². The van der Waals surface area contributed by atoms with Gasteiger partial charge in [0.05, 0.1) is 0 Å². The van der Waals surface area contributed by atoms with Crippen molar-refractivity contribution in [3.8, 4) is 0 Å². The summed E-state index contributed by atoms with van der Waals surface area (Å²) >= 11 is 0. The van der Waals surface area contributed by atoms with E-state index < -0.39 is 5.95 Å². The first kappa shape index (κ1) is 12.9. The molecule has 16 heavy (non-hydrogen) atoms. The number of aromatic nitrogens is 2. The van der Waals surface area contributed by atoms with Gasteiger partial charge in [-0.25, -0.2) is 9.97 Å². The molecule has 1 aromatic rings. The zero-order valence-corrected chi connectivity index (χ0v) is 10.2. The van der Waals surface area contributed by atoms with Gasteiger partial charge in [-0.05, 0) is 19.3 Å². The summed E-state index contributed by atoms with van der Waals surface area (Å²) in [6, 6.07) is 1.63. The Kier molecular flexibility index (Phi) is 5.15. The summed E-state index contributed by atoms with van der Waals surface area (Å²) in [5.74, 6) is 0.806. The first-order chi connectivity index (χ1) is 7.58. The fraction of sp³-hybridized carbons (Fsp3) is 0.667. The number of rotatable bonds is 6. The van der Waals surface area contributed by atoms with Gasteiger partial charge in [-0.15, -0.1) is 0 Å². The van der Waals surface area contributed by atoms with Gasteiger partial charge in [0.2, 0.25) is 5.95 Å². The molecule has 1 N–H and O–H groups in total. The molecule has 90 valence electrons. The highest BCUT2D eigenvalue weighted by atomic mass is 19.1. The number of hydrogen-bond donors (Lipinski definition) is 1. The van der Waals surface area contributed by atoms with Gasteiger partial charge in [0.25, 0.3) is 0 Å². The third kappa shape index (κ3) is 5.05. The fourth-order valence-electron chi connectivity index (χ4n) is 1.57. The van der Waals surface area contributed by atoms with Crippen molar-refractivity contribution < 1.29 is 4.39 Å². The number of nitrogens with zero attached hydrogens (tertiary/aromatic N) is 2. The topological polar surface area (TPSA) is 37.8 Å². The van der Waals surface area contributed by atoms with Gasteiger partial charge < -0.3 is 5.32 Å². The highest BCUT2D eigenvalue weighted by Crippen LogP contribution is 2.11. The second-order valence-electron chi connectivity index (χ2n) is 4.60. The third-order valence-electron chi connectivity index (χ3n) is 2.45. The smallest absolute Gasteiger partial charge is 0.217 e. The van der Waals surface area contributed by atoms with Crippen LogP contribution in [0.25, 0.3) is 0 Å². The second kappa shape index (κ2) is 6.40. The summed E-state index contributed by atoms with van der Waals surface area (Å²) in [7, 11) is 0. The van der Waals surface area contributed by atoms with E-state index in [9.17, 15) is 4.39 Å². The summed E-state index contributed by atoms with van der Waals surface area (Å²) < 4.78 is 12.8. The molecule has 0 saturated carbocycles. The Bertz CT molecular complexity index is 315. The Labute approximate surface area is 96.5 Å². The van der Waals surface area contributed by atoms with Gasteiger partial charge in [0.1, 0.15) is 12.1 Å². The molecule has 4 heteroatoms. The Hall–Kier alpha value is -1.19. The van der Waals surface area contributed by atoms with Gasteiger partial charge in [-0.3, -0.25) is 0 Å².